The van der Waals surface area contributed by atoms with Crippen molar-refractivity contribution in [2.45, 2.75) is 45.8 Å². The van der Waals surface area contributed by atoms with E-state index < -0.39 is 0 Å². The Morgan fingerprint density at radius 1 is 1.15 bits per heavy atom. The molecule has 1 aliphatic carbocycles. The minimum Gasteiger partial charge on any atom is -0.398 e. The van der Waals surface area contributed by atoms with E-state index in [0.717, 1.165) is 24.0 Å². The molecule has 0 spiro atoms. The van der Waals surface area contributed by atoms with Crippen molar-refractivity contribution in [2.24, 2.45) is 5.92 Å². The molecule has 6 heteroatoms. The topological polar surface area (TPSA) is 75.9 Å². The second-order valence-corrected chi connectivity index (χ2v) is 7.61. The maximum atomic E-state index is 12.9. The van der Waals surface area contributed by atoms with Gasteiger partial charge in [0.1, 0.15) is 0 Å². The van der Waals surface area contributed by atoms with Gasteiger partial charge in [-0.3, -0.25) is 9.59 Å². The van der Waals surface area contributed by atoms with E-state index in [9.17, 15) is 9.59 Å². The SMILES string of the molecule is CO[C@@H]1CC[C@H]1C(=O)N1CCN(C(=O)c2cc(C)c(C)cc2N)C[C@H]1C. The van der Waals surface area contributed by atoms with Gasteiger partial charge in [0.25, 0.3) is 5.91 Å². The van der Waals surface area contributed by atoms with Crippen LogP contribution < -0.4 is 5.73 Å². The van der Waals surface area contributed by atoms with Gasteiger partial charge in [0, 0.05) is 38.5 Å². The fourth-order valence-electron chi connectivity index (χ4n) is 3.91. The van der Waals surface area contributed by atoms with E-state index in [1.165, 1.54) is 0 Å². The lowest BCUT2D eigenvalue weighted by molar-refractivity contribution is -0.151. The van der Waals surface area contributed by atoms with Crippen LogP contribution in [-0.4, -0.2) is 60.5 Å². The molecule has 1 aromatic carbocycles. The molecule has 6 nitrogen and oxygen atoms in total. The van der Waals surface area contributed by atoms with Crippen LogP contribution >= 0.6 is 0 Å². The lowest BCUT2D eigenvalue weighted by Crippen LogP contribution is -2.58. The molecule has 2 N–H and O–H groups in total. The van der Waals surface area contributed by atoms with Crippen molar-refractivity contribution in [3.05, 3.63) is 28.8 Å². The zero-order valence-electron chi connectivity index (χ0n) is 16.1. The third kappa shape index (κ3) is 3.30. The Balaban J connectivity index is 1.68. The smallest absolute Gasteiger partial charge is 0.256 e. The standard InChI is InChI=1S/C20H29N3O3/c1-12-9-16(17(21)10-13(12)2)19(24)22-7-8-23(14(3)11-22)20(25)15-5-6-18(15)26-4/h9-10,14-15,18H,5-8,11,21H2,1-4H3/t14-,15-,18-/m1/s1. The Morgan fingerprint density at radius 2 is 1.85 bits per heavy atom. The average molecular weight is 359 g/mol. The zero-order valence-corrected chi connectivity index (χ0v) is 16.1. The van der Waals surface area contributed by atoms with Gasteiger partial charge < -0.3 is 20.3 Å². The number of piperazine rings is 1. The van der Waals surface area contributed by atoms with Crippen molar-refractivity contribution >= 4 is 17.5 Å². The van der Waals surface area contributed by atoms with Crippen LogP contribution in [0.5, 0.6) is 0 Å². The molecular weight excluding hydrogens is 330 g/mol. The molecule has 3 rings (SSSR count). The maximum absolute atomic E-state index is 12.9. The summed E-state index contributed by atoms with van der Waals surface area (Å²) in [5, 5.41) is 0. The van der Waals surface area contributed by atoms with E-state index in [-0.39, 0.29) is 29.9 Å². The third-order valence-electron chi connectivity index (χ3n) is 5.92. The summed E-state index contributed by atoms with van der Waals surface area (Å²) < 4.78 is 5.37. The number of hydrogen-bond acceptors (Lipinski definition) is 4. The fourth-order valence-corrected chi connectivity index (χ4v) is 3.91. The number of aryl methyl sites for hydroxylation is 2. The number of nitrogens with two attached hydrogens (primary N) is 1. The number of nitrogens with zero attached hydrogens (tertiary/aromatic N) is 2. The van der Waals surface area contributed by atoms with Gasteiger partial charge in [-0.05, 0) is 56.9 Å². The monoisotopic (exact) mass is 359 g/mol. The van der Waals surface area contributed by atoms with Crippen molar-refractivity contribution in [1.82, 2.24) is 9.80 Å². The first-order chi connectivity index (χ1) is 12.3. The fraction of sp³-hybridized carbons (Fsp3) is 0.600. The highest BCUT2D eigenvalue weighted by Gasteiger charge is 2.41. The second-order valence-electron chi connectivity index (χ2n) is 7.61. The number of ether oxygens (including phenoxy) is 1. The number of rotatable bonds is 3. The molecule has 0 unspecified atom stereocenters. The first kappa shape index (κ1) is 18.7. The lowest BCUT2D eigenvalue weighted by atomic mass is 9.80. The summed E-state index contributed by atoms with van der Waals surface area (Å²) in [6, 6.07) is 3.71. The number of carbonyl (C=O) groups excluding carboxylic acids is 2. The summed E-state index contributed by atoms with van der Waals surface area (Å²) >= 11 is 0. The van der Waals surface area contributed by atoms with Crippen LogP contribution in [0.25, 0.3) is 0 Å². The predicted molar refractivity (Wildman–Crippen MR) is 101 cm³/mol. The number of nitrogen functional groups attached to an aromatic ring is 1. The van der Waals surface area contributed by atoms with Gasteiger partial charge in [-0.1, -0.05) is 0 Å². The van der Waals surface area contributed by atoms with Crippen LogP contribution in [0.15, 0.2) is 12.1 Å². The highest BCUT2D eigenvalue weighted by atomic mass is 16.5. The summed E-state index contributed by atoms with van der Waals surface area (Å²) in [4.78, 5) is 29.4. The van der Waals surface area contributed by atoms with Gasteiger partial charge in [-0.2, -0.15) is 0 Å². The van der Waals surface area contributed by atoms with Gasteiger partial charge in [0.2, 0.25) is 5.91 Å². The van der Waals surface area contributed by atoms with E-state index in [0.29, 0.717) is 30.9 Å². The molecule has 3 atom stereocenters. The van der Waals surface area contributed by atoms with Crippen LogP contribution in [0, 0.1) is 19.8 Å². The van der Waals surface area contributed by atoms with Gasteiger partial charge in [0.15, 0.2) is 0 Å². The normalized spacial score (nSPS) is 25.8. The molecule has 26 heavy (non-hydrogen) atoms. The Morgan fingerprint density at radius 3 is 2.42 bits per heavy atom. The molecular formula is C20H29N3O3. The van der Waals surface area contributed by atoms with Gasteiger partial charge in [0.05, 0.1) is 17.6 Å². The molecule has 142 valence electrons. The highest BCUT2D eigenvalue weighted by molar-refractivity contribution is 5.99. The molecule has 0 bridgehead atoms. The first-order valence-corrected chi connectivity index (χ1v) is 9.32. The molecule has 2 fully saturated rings. The minimum atomic E-state index is -0.0528. The highest BCUT2D eigenvalue weighted by Crippen LogP contribution is 2.32. The molecule has 1 heterocycles. The van der Waals surface area contributed by atoms with Crippen molar-refractivity contribution in [2.75, 3.05) is 32.5 Å². The minimum absolute atomic E-state index is 0.00826. The number of methoxy groups -OCH3 is 1. The van der Waals surface area contributed by atoms with Gasteiger partial charge >= 0.3 is 0 Å². The number of carbonyl (C=O) groups is 2. The maximum Gasteiger partial charge on any atom is 0.256 e. The summed E-state index contributed by atoms with van der Waals surface area (Å²) in [6.07, 6.45) is 1.89. The summed E-state index contributed by atoms with van der Waals surface area (Å²) in [6.45, 7) is 7.59. The number of amides is 2. The third-order valence-corrected chi connectivity index (χ3v) is 5.92. The Bertz CT molecular complexity index is 716. The van der Waals surface area contributed by atoms with Gasteiger partial charge in [-0.15, -0.1) is 0 Å². The Labute approximate surface area is 155 Å². The van der Waals surface area contributed by atoms with Crippen molar-refractivity contribution in [3.63, 3.8) is 0 Å². The van der Waals surface area contributed by atoms with Crippen LogP contribution in [0.1, 0.15) is 41.3 Å². The van der Waals surface area contributed by atoms with Crippen LogP contribution in [0.4, 0.5) is 5.69 Å². The molecule has 2 amide bonds. The van der Waals surface area contributed by atoms with E-state index in [4.69, 9.17) is 10.5 Å². The van der Waals surface area contributed by atoms with E-state index in [1.54, 1.807) is 7.11 Å². The van der Waals surface area contributed by atoms with E-state index in [2.05, 4.69) is 0 Å². The first-order valence-electron chi connectivity index (χ1n) is 9.32. The van der Waals surface area contributed by atoms with Crippen molar-refractivity contribution in [1.29, 1.82) is 0 Å². The largest absolute Gasteiger partial charge is 0.398 e. The molecule has 0 radical (unpaired) electrons. The molecule has 1 aliphatic heterocycles. The second kappa shape index (κ2) is 7.27. The molecule has 2 aliphatic rings. The molecule has 0 aromatic heterocycles. The van der Waals surface area contributed by atoms with Gasteiger partial charge in [-0.25, -0.2) is 0 Å². The molecule has 1 saturated carbocycles. The quantitative estimate of drug-likeness (QED) is 0.838. The summed E-state index contributed by atoms with van der Waals surface area (Å²) in [5.74, 6) is 0.0800. The van der Waals surface area contributed by atoms with Crippen LogP contribution in [0.3, 0.4) is 0 Å². The number of hydrogen-bond donors (Lipinski definition) is 1. The summed E-state index contributed by atoms with van der Waals surface area (Å²) in [7, 11) is 1.66. The Kier molecular flexibility index (Phi) is 5.23. The van der Waals surface area contributed by atoms with Crippen LogP contribution in [0.2, 0.25) is 0 Å². The lowest BCUT2D eigenvalue weighted by Gasteiger charge is -2.44. The average Bonchev–Trinajstić information content (AvgIpc) is 2.56. The number of anilines is 1. The van der Waals surface area contributed by atoms with Crippen molar-refractivity contribution < 1.29 is 14.3 Å². The van der Waals surface area contributed by atoms with Crippen LogP contribution in [-0.2, 0) is 9.53 Å². The van der Waals surface area contributed by atoms with Crippen molar-refractivity contribution in [3.8, 4) is 0 Å². The zero-order chi connectivity index (χ0) is 19.0. The molecule has 1 aromatic rings. The number of benzene rings is 1. The molecule has 1 saturated heterocycles. The Hall–Kier alpha value is -2.08. The van der Waals surface area contributed by atoms with E-state index >= 15 is 0 Å². The summed E-state index contributed by atoms with van der Waals surface area (Å²) in [5.41, 5.74) is 9.28. The van der Waals surface area contributed by atoms with E-state index in [1.807, 2.05) is 42.7 Å². The predicted octanol–water partition coefficient (Wildman–Crippen LogP) is 1.98.